The van der Waals surface area contributed by atoms with Gasteiger partial charge in [-0.15, -0.1) is 0 Å². The minimum Gasteiger partial charge on any atom is -0.310 e. The quantitative estimate of drug-likeness (QED) is 0.770. The Hall–Kier alpha value is -0.620. The van der Waals surface area contributed by atoms with E-state index in [1.54, 1.807) is 12.1 Å². The van der Waals surface area contributed by atoms with E-state index in [1.807, 2.05) is 19.9 Å². The van der Waals surface area contributed by atoms with Gasteiger partial charge in [-0.25, -0.2) is 13.1 Å². The molecular weight excluding hydrogens is 308 g/mol. The van der Waals surface area contributed by atoms with Crippen LogP contribution in [0.3, 0.4) is 0 Å². The van der Waals surface area contributed by atoms with Crippen LogP contribution in [0.1, 0.15) is 45.1 Å². The van der Waals surface area contributed by atoms with Crippen LogP contribution in [0.4, 0.5) is 0 Å². The molecule has 1 saturated carbocycles. The molecule has 4 nitrogen and oxygen atoms in total. The maximum absolute atomic E-state index is 12.5. The van der Waals surface area contributed by atoms with E-state index in [2.05, 4.69) is 10.0 Å². The summed E-state index contributed by atoms with van der Waals surface area (Å²) >= 11 is 6.09. The Morgan fingerprint density at radius 2 is 1.95 bits per heavy atom. The Kier molecular flexibility index (Phi) is 5.66. The summed E-state index contributed by atoms with van der Waals surface area (Å²) in [5, 5.41) is 3.64. The monoisotopic (exact) mass is 330 g/mol. The number of halogens is 1. The fraction of sp³-hybridized carbons (Fsp3) is 0.600. The zero-order chi connectivity index (χ0) is 15.5. The van der Waals surface area contributed by atoms with Crippen molar-refractivity contribution in [2.75, 3.05) is 0 Å². The van der Waals surface area contributed by atoms with Gasteiger partial charge in [0.2, 0.25) is 10.0 Å². The van der Waals surface area contributed by atoms with Gasteiger partial charge < -0.3 is 5.32 Å². The summed E-state index contributed by atoms with van der Waals surface area (Å²) in [6.07, 6.45) is 3.93. The van der Waals surface area contributed by atoms with Gasteiger partial charge in [-0.3, -0.25) is 0 Å². The van der Waals surface area contributed by atoms with Gasteiger partial charge in [0.15, 0.2) is 0 Å². The lowest BCUT2D eigenvalue weighted by Gasteiger charge is -2.16. The van der Waals surface area contributed by atoms with Crippen LogP contribution in [0.5, 0.6) is 0 Å². The molecule has 0 aromatic heterocycles. The van der Waals surface area contributed by atoms with Crippen LogP contribution in [0.25, 0.3) is 0 Å². The summed E-state index contributed by atoms with van der Waals surface area (Å²) in [6, 6.07) is 5.73. The molecule has 1 aromatic carbocycles. The predicted molar refractivity (Wildman–Crippen MR) is 86.0 cm³/mol. The zero-order valence-corrected chi connectivity index (χ0v) is 14.1. The molecule has 1 aliphatic rings. The smallest absolute Gasteiger partial charge is 0.242 e. The van der Waals surface area contributed by atoms with Crippen molar-refractivity contribution < 1.29 is 8.42 Å². The van der Waals surface area contributed by atoms with E-state index < -0.39 is 10.0 Å². The first-order valence-electron chi connectivity index (χ1n) is 7.50. The van der Waals surface area contributed by atoms with Gasteiger partial charge in [-0.1, -0.05) is 31.5 Å². The molecular formula is C15H23ClN2O2S. The summed E-state index contributed by atoms with van der Waals surface area (Å²) in [7, 11) is -3.57. The minimum absolute atomic E-state index is 0.0562. The van der Waals surface area contributed by atoms with Crippen LogP contribution in [0.2, 0.25) is 5.02 Å². The normalized spacial score (nSPS) is 15.6. The molecule has 1 aliphatic carbocycles. The van der Waals surface area contributed by atoms with Gasteiger partial charge >= 0.3 is 0 Å². The van der Waals surface area contributed by atoms with Crippen LogP contribution < -0.4 is 10.0 Å². The van der Waals surface area contributed by atoms with Crippen molar-refractivity contribution in [3.8, 4) is 0 Å². The van der Waals surface area contributed by atoms with E-state index in [4.69, 9.17) is 11.6 Å². The highest BCUT2D eigenvalue weighted by atomic mass is 35.5. The molecule has 0 amide bonds. The highest BCUT2D eigenvalue weighted by Gasteiger charge is 2.23. The standard InChI is InChI=1S/C15H23ClN2O2S/c1-3-12(4-2)18-21(19,20)15-9-11(5-8-14(15)16)10-17-13-6-7-13/h5,8-9,12-13,17-18H,3-4,6-7,10H2,1-2H3. The molecule has 0 aliphatic heterocycles. The predicted octanol–water partition coefficient (Wildman–Crippen LogP) is 3.06. The zero-order valence-electron chi connectivity index (χ0n) is 12.5. The second kappa shape index (κ2) is 7.09. The molecule has 0 saturated heterocycles. The molecule has 1 aromatic rings. The molecule has 2 rings (SSSR count). The molecule has 0 bridgehead atoms. The molecule has 0 radical (unpaired) electrons. The molecule has 6 heteroatoms. The first kappa shape index (κ1) is 16.7. The van der Waals surface area contributed by atoms with Gasteiger partial charge in [0.25, 0.3) is 0 Å². The minimum atomic E-state index is -3.57. The summed E-state index contributed by atoms with van der Waals surface area (Å²) in [5.41, 5.74) is 0.941. The van der Waals surface area contributed by atoms with Crippen molar-refractivity contribution >= 4 is 21.6 Å². The topological polar surface area (TPSA) is 58.2 Å². The molecule has 1 fully saturated rings. The Balaban J connectivity index is 2.17. The lowest BCUT2D eigenvalue weighted by molar-refractivity contribution is 0.530. The molecule has 0 spiro atoms. The first-order chi connectivity index (χ1) is 9.96. The molecule has 0 atom stereocenters. The van der Waals surface area contributed by atoms with Crippen molar-refractivity contribution in [3.05, 3.63) is 28.8 Å². The summed E-state index contributed by atoms with van der Waals surface area (Å²) in [5.74, 6) is 0. The van der Waals surface area contributed by atoms with Crippen LogP contribution in [-0.2, 0) is 16.6 Å². The lowest BCUT2D eigenvalue weighted by atomic mass is 10.2. The van der Waals surface area contributed by atoms with Crippen LogP contribution in [-0.4, -0.2) is 20.5 Å². The SMILES string of the molecule is CCC(CC)NS(=O)(=O)c1cc(CNC2CC2)ccc1Cl. The number of nitrogens with one attached hydrogen (secondary N) is 2. The van der Waals surface area contributed by atoms with Crippen molar-refractivity contribution in [2.45, 2.75) is 63.1 Å². The third kappa shape index (κ3) is 4.68. The van der Waals surface area contributed by atoms with Crippen molar-refractivity contribution in [1.82, 2.24) is 10.0 Å². The van der Waals surface area contributed by atoms with Gasteiger partial charge in [0.1, 0.15) is 4.90 Å². The number of hydrogen-bond acceptors (Lipinski definition) is 3. The average molecular weight is 331 g/mol. The molecule has 118 valence electrons. The van der Waals surface area contributed by atoms with Crippen molar-refractivity contribution in [2.24, 2.45) is 0 Å². The fourth-order valence-corrected chi connectivity index (χ4v) is 4.10. The van der Waals surface area contributed by atoms with Crippen LogP contribution in [0, 0.1) is 0 Å². The number of sulfonamides is 1. The number of rotatable bonds is 8. The Labute approximate surface area is 132 Å². The van der Waals surface area contributed by atoms with Gasteiger partial charge in [0, 0.05) is 18.6 Å². The molecule has 21 heavy (non-hydrogen) atoms. The number of benzene rings is 1. The third-order valence-corrected chi connectivity index (χ3v) is 5.77. The Morgan fingerprint density at radius 1 is 1.29 bits per heavy atom. The molecule has 0 heterocycles. The third-order valence-electron chi connectivity index (χ3n) is 3.76. The fourth-order valence-electron chi connectivity index (χ4n) is 2.15. The van der Waals surface area contributed by atoms with E-state index in [-0.39, 0.29) is 16.0 Å². The summed E-state index contributed by atoms with van der Waals surface area (Å²) in [4.78, 5) is 0.172. The highest BCUT2D eigenvalue weighted by molar-refractivity contribution is 7.89. The van der Waals surface area contributed by atoms with Crippen LogP contribution >= 0.6 is 11.6 Å². The number of hydrogen-bond donors (Lipinski definition) is 2. The van der Waals surface area contributed by atoms with E-state index in [9.17, 15) is 8.42 Å². The summed E-state index contributed by atoms with van der Waals surface area (Å²) < 4.78 is 27.7. The van der Waals surface area contributed by atoms with Crippen molar-refractivity contribution in [3.63, 3.8) is 0 Å². The van der Waals surface area contributed by atoms with Crippen molar-refractivity contribution in [1.29, 1.82) is 0 Å². The highest BCUT2D eigenvalue weighted by Crippen LogP contribution is 2.24. The first-order valence-corrected chi connectivity index (χ1v) is 9.36. The van der Waals surface area contributed by atoms with Gasteiger partial charge in [0.05, 0.1) is 5.02 Å². The Morgan fingerprint density at radius 3 is 2.52 bits per heavy atom. The van der Waals surface area contributed by atoms with Gasteiger partial charge in [-0.2, -0.15) is 0 Å². The average Bonchev–Trinajstić information content (AvgIpc) is 3.28. The second-order valence-electron chi connectivity index (χ2n) is 5.55. The maximum atomic E-state index is 12.5. The molecule has 2 N–H and O–H groups in total. The van der Waals surface area contributed by atoms with E-state index in [0.717, 1.165) is 18.4 Å². The van der Waals surface area contributed by atoms with Crippen LogP contribution in [0.15, 0.2) is 23.1 Å². The van der Waals surface area contributed by atoms with E-state index in [1.165, 1.54) is 12.8 Å². The Bertz CT molecular complexity index is 581. The molecule has 0 unspecified atom stereocenters. The second-order valence-corrected chi connectivity index (χ2v) is 7.64. The van der Waals surface area contributed by atoms with Gasteiger partial charge in [-0.05, 0) is 43.4 Å². The lowest BCUT2D eigenvalue weighted by Crippen LogP contribution is -2.34. The largest absolute Gasteiger partial charge is 0.310 e. The van der Waals surface area contributed by atoms with E-state index >= 15 is 0 Å². The summed E-state index contributed by atoms with van der Waals surface area (Å²) in [6.45, 7) is 4.61. The van der Waals surface area contributed by atoms with E-state index in [0.29, 0.717) is 12.6 Å². The maximum Gasteiger partial charge on any atom is 0.242 e.